The molecule has 2 aromatic rings. The molecule has 1 unspecified atom stereocenters. The predicted molar refractivity (Wildman–Crippen MR) is 129 cm³/mol. The van der Waals surface area contributed by atoms with E-state index in [0.29, 0.717) is 12.5 Å². The molecule has 7 heteroatoms. The molecule has 0 amide bonds. The highest BCUT2D eigenvalue weighted by molar-refractivity contribution is 14.0. The standard InChI is InChI=1S/C22H33N5O.HI/c1-19-24-12-15-26(19)13-7-6-11-25-22(23-2)27-14-10-21(16-27)18-28-17-20-8-4-3-5-9-20;/h3-5,8-9,12,15,21H,6-7,10-11,13-14,16-18H2,1-2H3,(H,23,25);1H. The quantitative estimate of drug-likeness (QED) is 0.242. The third-order valence-electron chi connectivity index (χ3n) is 5.29. The highest BCUT2D eigenvalue weighted by atomic mass is 127. The van der Waals surface area contributed by atoms with Crippen molar-refractivity contribution in [3.05, 3.63) is 54.1 Å². The minimum atomic E-state index is 0. The summed E-state index contributed by atoms with van der Waals surface area (Å²) >= 11 is 0. The molecule has 1 N–H and O–H groups in total. The van der Waals surface area contributed by atoms with Crippen LogP contribution in [0.1, 0.15) is 30.7 Å². The lowest BCUT2D eigenvalue weighted by atomic mass is 10.1. The first-order valence-electron chi connectivity index (χ1n) is 10.3. The minimum Gasteiger partial charge on any atom is -0.376 e. The van der Waals surface area contributed by atoms with Gasteiger partial charge >= 0.3 is 0 Å². The second-order valence-corrected chi connectivity index (χ2v) is 7.45. The number of guanidine groups is 1. The molecular weight excluding hydrogens is 477 g/mol. The molecule has 0 bridgehead atoms. The van der Waals surface area contributed by atoms with Crippen molar-refractivity contribution in [2.75, 3.05) is 33.3 Å². The lowest BCUT2D eigenvalue weighted by molar-refractivity contribution is 0.0907. The normalized spacial score (nSPS) is 16.7. The number of hydrogen-bond donors (Lipinski definition) is 1. The Bertz CT molecular complexity index is 734. The lowest BCUT2D eigenvalue weighted by Crippen LogP contribution is -2.40. The van der Waals surface area contributed by atoms with Gasteiger partial charge in [0, 0.05) is 51.5 Å². The molecule has 1 aliphatic heterocycles. The maximum Gasteiger partial charge on any atom is 0.193 e. The van der Waals surface area contributed by atoms with Crippen LogP contribution in [0.3, 0.4) is 0 Å². The number of ether oxygens (including phenoxy) is 1. The van der Waals surface area contributed by atoms with E-state index in [4.69, 9.17) is 4.74 Å². The Labute approximate surface area is 191 Å². The zero-order chi connectivity index (χ0) is 19.6. The highest BCUT2D eigenvalue weighted by Crippen LogP contribution is 2.17. The van der Waals surface area contributed by atoms with Gasteiger partial charge in [0.1, 0.15) is 5.82 Å². The summed E-state index contributed by atoms with van der Waals surface area (Å²) in [6.45, 7) is 7.60. The van der Waals surface area contributed by atoms with Crippen LogP contribution >= 0.6 is 24.0 Å². The summed E-state index contributed by atoms with van der Waals surface area (Å²) in [4.78, 5) is 11.1. The van der Waals surface area contributed by atoms with Crippen molar-refractivity contribution in [3.63, 3.8) is 0 Å². The first-order chi connectivity index (χ1) is 13.8. The predicted octanol–water partition coefficient (Wildman–Crippen LogP) is 3.70. The van der Waals surface area contributed by atoms with Gasteiger partial charge in [-0.25, -0.2) is 4.98 Å². The van der Waals surface area contributed by atoms with Crippen LogP contribution in [-0.4, -0.2) is 53.7 Å². The van der Waals surface area contributed by atoms with Crippen LogP contribution in [0.25, 0.3) is 0 Å². The van der Waals surface area contributed by atoms with Gasteiger partial charge in [0.25, 0.3) is 0 Å². The van der Waals surface area contributed by atoms with Crippen LogP contribution in [0, 0.1) is 12.8 Å². The number of aryl methyl sites for hydroxylation is 2. The van der Waals surface area contributed by atoms with Crippen LogP contribution in [0.4, 0.5) is 0 Å². The maximum atomic E-state index is 5.93. The fourth-order valence-electron chi connectivity index (χ4n) is 3.66. The number of aromatic nitrogens is 2. The average molecular weight is 511 g/mol. The Morgan fingerprint density at radius 3 is 2.83 bits per heavy atom. The molecule has 1 fully saturated rings. The van der Waals surface area contributed by atoms with E-state index >= 15 is 0 Å². The summed E-state index contributed by atoms with van der Waals surface area (Å²) < 4.78 is 8.13. The summed E-state index contributed by atoms with van der Waals surface area (Å²) in [5, 5.41) is 3.52. The molecule has 1 aromatic carbocycles. The number of hydrogen-bond acceptors (Lipinski definition) is 3. The number of benzene rings is 1. The van der Waals surface area contributed by atoms with Crippen molar-refractivity contribution in [1.82, 2.24) is 19.8 Å². The third kappa shape index (κ3) is 7.62. The Kier molecular flexibility index (Phi) is 10.5. The second kappa shape index (κ2) is 12.8. The van der Waals surface area contributed by atoms with Crippen LogP contribution in [0.2, 0.25) is 0 Å². The number of likely N-dealkylation sites (tertiary alicyclic amines) is 1. The van der Waals surface area contributed by atoms with E-state index in [0.717, 1.165) is 63.8 Å². The first kappa shape index (κ1) is 23.7. The Morgan fingerprint density at radius 1 is 1.28 bits per heavy atom. The molecule has 0 spiro atoms. The SMILES string of the molecule is CN=C(NCCCCn1ccnc1C)N1CCC(COCc2ccccc2)C1.I. The van der Waals surface area contributed by atoms with Crippen LogP contribution < -0.4 is 5.32 Å². The van der Waals surface area contributed by atoms with Crippen molar-refractivity contribution < 1.29 is 4.74 Å². The number of rotatable bonds is 9. The van der Waals surface area contributed by atoms with E-state index in [9.17, 15) is 0 Å². The van der Waals surface area contributed by atoms with Crippen molar-refractivity contribution >= 4 is 29.9 Å². The van der Waals surface area contributed by atoms with Crippen LogP contribution in [0.5, 0.6) is 0 Å². The summed E-state index contributed by atoms with van der Waals surface area (Å²) in [6, 6.07) is 10.4. The fraction of sp³-hybridized carbons (Fsp3) is 0.545. The summed E-state index contributed by atoms with van der Waals surface area (Å²) in [7, 11) is 1.87. The summed E-state index contributed by atoms with van der Waals surface area (Å²) in [5.74, 6) is 2.68. The fourth-order valence-corrected chi connectivity index (χ4v) is 3.66. The lowest BCUT2D eigenvalue weighted by Gasteiger charge is -2.21. The number of unbranched alkanes of at least 4 members (excludes halogenated alkanes) is 1. The van der Waals surface area contributed by atoms with Gasteiger partial charge in [-0.1, -0.05) is 30.3 Å². The van der Waals surface area contributed by atoms with E-state index in [1.807, 2.05) is 32.4 Å². The van der Waals surface area contributed by atoms with E-state index in [1.165, 1.54) is 5.56 Å². The van der Waals surface area contributed by atoms with E-state index in [1.54, 1.807) is 0 Å². The molecule has 0 radical (unpaired) electrons. The van der Waals surface area contributed by atoms with Crippen molar-refractivity contribution in [3.8, 4) is 0 Å². The van der Waals surface area contributed by atoms with Gasteiger partial charge in [-0.2, -0.15) is 0 Å². The third-order valence-corrected chi connectivity index (χ3v) is 5.29. The van der Waals surface area contributed by atoms with Gasteiger partial charge in [0.05, 0.1) is 13.2 Å². The van der Waals surface area contributed by atoms with Crippen LogP contribution in [-0.2, 0) is 17.9 Å². The van der Waals surface area contributed by atoms with Gasteiger partial charge in [0.2, 0.25) is 0 Å². The van der Waals surface area contributed by atoms with Crippen molar-refractivity contribution in [1.29, 1.82) is 0 Å². The minimum absolute atomic E-state index is 0. The summed E-state index contributed by atoms with van der Waals surface area (Å²) in [5.41, 5.74) is 1.24. The molecule has 3 rings (SSSR count). The highest BCUT2D eigenvalue weighted by Gasteiger charge is 2.24. The zero-order valence-corrected chi connectivity index (χ0v) is 19.9. The number of aliphatic imine (C=N–C) groups is 1. The Balaban J connectivity index is 0.00000300. The molecule has 1 saturated heterocycles. The monoisotopic (exact) mass is 511 g/mol. The molecule has 0 aliphatic carbocycles. The number of halogens is 1. The van der Waals surface area contributed by atoms with E-state index < -0.39 is 0 Å². The molecule has 0 saturated carbocycles. The van der Waals surface area contributed by atoms with Gasteiger partial charge in [-0.3, -0.25) is 4.99 Å². The molecule has 1 atom stereocenters. The molecule has 2 heterocycles. The molecule has 1 aliphatic rings. The van der Waals surface area contributed by atoms with Gasteiger partial charge in [-0.05, 0) is 31.7 Å². The number of nitrogens with zero attached hydrogens (tertiary/aromatic N) is 4. The molecular formula is C22H34IN5O. The Hall–Kier alpha value is -1.61. The first-order valence-corrected chi connectivity index (χ1v) is 10.3. The van der Waals surface area contributed by atoms with E-state index in [2.05, 4.69) is 49.0 Å². The van der Waals surface area contributed by atoms with Crippen molar-refractivity contribution in [2.45, 2.75) is 39.3 Å². The molecule has 160 valence electrons. The van der Waals surface area contributed by atoms with Gasteiger partial charge in [-0.15, -0.1) is 24.0 Å². The second-order valence-electron chi connectivity index (χ2n) is 7.45. The molecule has 6 nitrogen and oxygen atoms in total. The summed E-state index contributed by atoms with van der Waals surface area (Å²) in [6.07, 6.45) is 7.33. The van der Waals surface area contributed by atoms with E-state index in [-0.39, 0.29) is 24.0 Å². The van der Waals surface area contributed by atoms with Gasteiger partial charge in [0.15, 0.2) is 5.96 Å². The largest absolute Gasteiger partial charge is 0.376 e. The van der Waals surface area contributed by atoms with Gasteiger partial charge < -0.3 is 19.5 Å². The number of nitrogens with one attached hydrogen (secondary N) is 1. The molecule has 1 aromatic heterocycles. The zero-order valence-electron chi connectivity index (χ0n) is 17.6. The Morgan fingerprint density at radius 2 is 2.10 bits per heavy atom. The average Bonchev–Trinajstić information content (AvgIpc) is 3.35. The maximum absolute atomic E-state index is 5.93. The van der Waals surface area contributed by atoms with Crippen molar-refractivity contribution in [2.24, 2.45) is 10.9 Å². The smallest absolute Gasteiger partial charge is 0.193 e. The van der Waals surface area contributed by atoms with Crippen LogP contribution in [0.15, 0.2) is 47.7 Å². The topological polar surface area (TPSA) is 54.7 Å². The molecule has 29 heavy (non-hydrogen) atoms. The number of imidazole rings is 1.